The van der Waals surface area contributed by atoms with Gasteiger partial charge in [-0.3, -0.25) is 0 Å². The van der Waals surface area contributed by atoms with E-state index >= 15 is 0 Å². The Balaban J connectivity index is 1.77. The summed E-state index contributed by atoms with van der Waals surface area (Å²) in [5.74, 6) is 0.781. The Morgan fingerprint density at radius 3 is 2.33 bits per heavy atom. The zero-order chi connectivity index (χ0) is 16.9. The first kappa shape index (κ1) is 15.8. The molecule has 1 heterocycles. The molecule has 0 aliphatic rings. The molecule has 0 atom stereocenters. The summed E-state index contributed by atoms with van der Waals surface area (Å²) in [7, 11) is 0. The first-order valence-electron chi connectivity index (χ1n) is 7.81. The fraction of sp³-hybridized carbons (Fsp3) is 0.158. The van der Waals surface area contributed by atoms with Gasteiger partial charge in [0.05, 0.1) is 5.69 Å². The van der Waals surface area contributed by atoms with Crippen molar-refractivity contribution in [2.75, 3.05) is 6.54 Å². The third kappa shape index (κ3) is 3.63. The van der Waals surface area contributed by atoms with Crippen molar-refractivity contribution < 1.29 is 9.90 Å². The SMILES string of the molecule is Cc1[nH]c(CCNC(=O)O)nc1-c1ccc(-c2ccccc2)cc1. The number of amides is 1. The van der Waals surface area contributed by atoms with Gasteiger partial charge in [0.2, 0.25) is 0 Å². The molecule has 0 saturated carbocycles. The lowest BCUT2D eigenvalue weighted by molar-refractivity contribution is 0.194. The van der Waals surface area contributed by atoms with E-state index in [1.165, 1.54) is 11.1 Å². The summed E-state index contributed by atoms with van der Waals surface area (Å²) in [6.45, 7) is 2.32. The number of nitrogens with zero attached hydrogens (tertiary/aromatic N) is 1. The van der Waals surface area contributed by atoms with Crippen LogP contribution in [-0.4, -0.2) is 27.7 Å². The van der Waals surface area contributed by atoms with Crippen LogP contribution in [0.25, 0.3) is 22.4 Å². The second-order valence-corrected chi connectivity index (χ2v) is 5.58. The highest BCUT2D eigenvalue weighted by Gasteiger charge is 2.09. The Kier molecular flexibility index (Phi) is 4.61. The molecule has 0 spiro atoms. The summed E-state index contributed by atoms with van der Waals surface area (Å²) >= 11 is 0. The maximum atomic E-state index is 10.5. The minimum absolute atomic E-state index is 0.342. The maximum Gasteiger partial charge on any atom is 0.404 e. The largest absolute Gasteiger partial charge is 0.465 e. The predicted molar refractivity (Wildman–Crippen MR) is 93.9 cm³/mol. The van der Waals surface area contributed by atoms with Gasteiger partial charge in [-0.05, 0) is 18.1 Å². The highest BCUT2D eigenvalue weighted by atomic mass is 16.4. The average molecular weight is 321 g/mol. The molecule has 0 aliphatic carbocycles. The first-order chi connectivity index (χ1) is 11.6. The highest BCUT2D eigenvalue weighted by Crippen LogP contribution is 2.25. The number of benzene rings is 2. The van der Waals surface area contributed by atoms with Crippen molar-refractivity contribution in [3.05, 3.63) is 66.1 Å². The normalized spacial score (nSPS) is 10.5. The maximum absolute atomic E-state index is 10.5. The number of hydrogen-bond donors (Lipinski definition) is 3. The van der Waals surface area contributed by atoms with Gasteiger partial charge in [0.15, 0.2) is 0 Å². The Bertz CT molecular complexity index is 824. The van der Waals surface area contributed by atoms with Crippen LogP contribution in [0.1, 0.15) is 11.5 Å². The van der Waals surface area contributed by atoms with Crippen LogP contribution in [0.5, 0.6) is 0 Å². The number of aromatic nitrogens is 2. The number of H-pyrrole nitrogens is 1. The summed E-state index contributed by atoms with van der Waals surface area (Å²) in [4.78, 5) is 18.3. The van der Waals surface area contributed by atoms with E-state index in [1.807, 2.05) is 25.1 Å². The van der Waals surface area contributed by atoms with Gasteiger partial charge in [-0.15, -0.1) is 0 Å². The molecule has 0 radical (unpaired) electrons. The van der Waals surface area contributed by atoms with E-state index in [-0.39, 0.29) is 0 Å². The third-order valence-corrected chi connectivity index (χ3v) is 3.84. The number of carbonyl (C=O) groups is 1. The molecular weight excluding hydrogens is 302 g/mol. The van der Waals surface area contributed by atoms with Gasteiger partial charge in [-0.2, -0.15) is 0 Å². The van der Waals surface area contributed by atoms with Crippen LogP contribution in [0.15, 0.2) is 54.6 Å². The lowest BCUT2D eigenvalue weighted by Gasteiger charge is -2.03. The molecule has 0 fully saturated rings. The Hall–Kier alpha value is -3.08. The molecular formula is C19H19N3O2. The number of aryl methyl sites for hydroxylation is 1. The van der Waals surface area contributed by atoms with Crippen molar-refractivity contribution in [3.63, 3.8) is 0 Å². The minimum Gasteiger partial charge on any atom is -0.465 e. The summed E-state index contributed by atoms with van der Waals surface area (Å²) in [5, 5.41) is 11.0. The molecule has 3 aromatic rings. The van der Waals surface area contributed by atoms with Crippen LogP contribution in [0, 0.1) is 6.92 Å². The fourth-order valence-corrected chi connectivity index (χ4v) is 2.66. The third-order valence-electron chi connectivity index (χ3n) is 3.84. The molecule has 24 heavy (non-hydrogen) atoms. The molecule has 0 unspecified atom stereocenters. The second kappa shape index (κ2) is 7.00. The highest BCUT2D eigenvalue weighted by molar-refractivity contribution is 5.69. The summed E-state index contributed by atoms with van der Waals surface area (Å²) < 4.78 is 0. The van der Waals surface area contributed by atoms with Gasteiger partial charge in [0.1, 0.15) is 5.82 Å². The Morgan fingerprint density at radius 1 is 1.04 bits per heavy atom. The number of imidazole rings is 1. The van der Waals surface area contributed by atoms with Crippen molar-refractivity contribution >= 4 is 6.09 Å². The monoisotopic (exact) mass is 321 g/mol. The lowest BCUT2D eigenvalue weighted by Crippen LogP contribution is -2.23. The molecule has 122 valence electrons. The summed E-state index contributed by atoms with van der Waals surface area (Å²) in [5.41, 5.74) is 5.27. The minimum atomic E-state index is -1.02. The van der Waals surface area contributed by atoms with Crippen LogP contribution in [0.3, 0.4) is 0 Å². The van der Waals surface area contributed by atoms with Gasteiger partial charge in [0, 0.05) is 24.2 Å². The quantitative estimate of drug-likeness (QED) is 0.667. The van der Waals surface area contributed by atoms with Gasteiger partial charge in [0.25, 0.3) is 0 Å². The van der Waals surface area contributed by atoms with Crippen molar-refractivity contribution in [3.8, 4) is 22.4 Å². The molecule has 0 bridgehead atoms. The van der Waals surface area contributed by atoms with Crippen LogP contribution in [0.2, 0.25) is 0 Å². The topological polar surface area (TPSA) is 78.0 Å². The molecule has 3 rings (SSSR count). The molecule has 5 heteroatoms. The molecule has 1 amide bonds. The lowest BCUT2D eigenvalue weighted by atomic mass is 10.0. The van der Waals surface area contributed by atoms with Gasteiger partial charge in [-0.1, -0.05) is 54.6 Å². The molecule has 0 aliphatic heterocycles. The van der Waals surface area contributed by atoms with Crippen molar-refractivity contribution in [1.29, 1.82) is 0 Å². The average Bonchev–Trinajstić information content (AvgIpc) is 2.96. The van der Waals surface area contributed by atoms with Crippen LogP contribution < -0.4 is 5.32 Å². The molecule has 3 N–H and O–H groups in total. The van der Waals surface area contributed by atoms with Crippen molar-refractivity contribution in [2.24, 2.45) is 0 Å². The van der Waals surface area contributed by atoms with E-state index < -0.39 is 6.09 Å². The number of rotatable bonds is 5. The zero-order valence-electron chi connectivity index (χ0n) is 13.4. The van der Waals surface area contributed by atoms with E-state index in [0.29, 0.717) is 13.0 Å². The standard InChI is InChI=1S/C19H19N3O2/c1-13-18(22-17(21-13)11-12-20-19(23)24)16-9-7-15(8-10-16)14-5-3-2-4-6-14/h2-10,20H,11-12H2,1H3,(H,21,22)(H,23,24). The zero-order valence-corrected chi connectivity index (χ0v) is 13.4. The van der Waals surface area contributed by atoms with Crippen molar-refractivity contribution in [2.45, 2.75) is 13.3 Å². The molecule has 0 saturated heterocycles. The summed E-state index contributed by atoms with van der Waals surface area (Å²) in [6, 6.07) is 18.5. The van der Waals surface area contributed by atoms with Crippen LogP contribution in [0.4, 0.5) is 4.79 Å². The molecule has 2 aromatic carbocycles. The van der Waals surface area contributed by atoms with Crippen LogP contribution >= 0.6 is 0 Å². The van der Waals surface area contributed by atoms with Gasteiger partial charge in [-0.25, -0.2) is 9.78 Å². The predicted octanol–water partition coefficient (Wildman–Crippen LogP) is 3.86. The van der Waals surface area contributed by atoms with E-state index in [4.69, 9.17) is 5.11 Å². The van der Waals surface area contributed by atoms with E-state index in [9.17, 15) is 4.79 Å². The number of carboxylic acid groups (broad SMARTS) is 1. The van der Waals surface area contributed by atoms with E-state index in [1.54, 1.807) is 0 Å². The Labute approximate surface area is 140 Å². The molecule has 5 nitrogen and oxygen atoms in total. The smallest absolute Gasteiger partial charge is 0.404 e. The number of nitrogens with one attached hydrogen (secondary N) is 2. The Morgan fingerprint density at radius 2 is 1.67 bits per heavy atom. The summed E-state index contributed by atoms with van der Waals surface area (Å²) in [6.07, 6.45) is -0.482. The first-order valence-corrected chi connectivity index (χ1v) is 7.81. The second-order valence-electron chi connectivity index (χ2n) is 5.58. The van der Waals surface area contributed by atoms with Gasteiger partial charge < -0.3 is 15.4 Å². The fourth-order valence-electron chi connectivity index (χ4n) is 2.66. The van der Waals surface area contributed by atoms with E-state index in [2.05, 4.69) is 51.7 Å². The number of hydrogen-bond acceptors (Lipinski definition) is 2. The van der Waals surface area contributed by atoms with Crippen molar-refractivity contribution in [1.82, 2.24) is 15.3 Å². The van der Waals surface area contributed by atoms with Gasteiger partial charge >= 0.3 is 6.09 Å². The van der Waals surface area contributed by atoms with Crippen LogP contribution in [-0.2, 0) is 6.42 Å². The molecule has 1 aromatic heterocycles. The van der Waals surface area contributed by atoms with E-state index in [0.717, 1.165) is 22.8 Å². The number of aromatic amines is 1.